The topological polar surface area (TPSA) is 53.1 Å². The molecule has 0 aliphatic heterocycles. The van der Waals surface area contributed by atoms with Gasteiger partial charge in [0.25, 0.3) is 0 Å². The van der Waals surface area contributed by atoms with Gasteiger partial charge in [-0.15, -0.1) is 0 Å². The standard InChI is InChI=1S/C9H13NO2/c1-7(12)8-4-5-10-9(8)3-2-6-11/h4-5,10-11H,2-3,6H2,1H3. The van der Waals surface area contributed by atoms with Crippen molar-refractivity contribution in [1.82, 2.24) is 4.98 Å². The Balaban J connectivity index is 2.70. The summed E-state index contributed by atoms with van der Waals surface area (Å²) >= 11 is 0. The Morgan fingerprint density at radius 3 is 3.00 bits per heavy atom. The van der Waals surface area contributed by atoms with Crippen LogP contribution in [0.25, 0.3) is 0 Å². The number of rotatable bonds is 4. The van der Waals surface area contributed by atoms with Crippen molar-refractivity contribution < 1.29 is 9.90 Å². The highest BCUT2D eigenvalue weighted by molar-refractivity contribution is 5.95. The lowest BCUT2D eigenvalue weighted by Crippen LogP contribution is -1.98. The van der Waals surface area contributed by atoms with Crippen LogP contribution in [0.3, 0.4) is 0 Å². The van der Waals surface area contributed by atoms with Gasteiger partial charge in [0.05, 0.1) is 0 Å². The van der Waals surface area contributed by atoms with E-state index in [9.17, 15) is 4.79 Å². The number of aliphatic hydroxyl groups is 1. The van der Waals surface area contributed by atoms with E-state index >= 15 is 0 Å². The molecule has 0 radical (unpaired) electrons. The van der Waals surface area contributed by atoms with Gasteiger partial charge in [0.1, 0.15) is 0 Å². The summed E-state index contributed by atoms with van der Waals surface area (Å²) in [6, 6.07) is 1.77. The Bertz CT molecular complexity index is 265. The SMILES string of the molecule is CC(=O)c1cc[nH]c1CCCO. The molecule has 0 atom stereocenters. The molecule has 66 valence electrons. The molecule has 0 bridgehead atoms. The van der Waals surface area contributed by atoms with Crippen LogP contribution in [0.1, 0.15) is 29.4 Å². The molecule has 0 aromatic carbocycles. The Hall–Kier alpha value is -1.09. The van der Waals surface area contributed by atoms with E-state index in [4.69, 9.17) is 5.11 Å². The minimum absolute atomic E-state index is 0.0733. The second kappa shape index (κ2) is 4.07. The fourth-order valence-corrected chi connectivity index (χ4v) is 1.20. The fraction of sp³-hybridized carbons (Fsp3) is 0.444. The third-order valence-electron chi connectivity index (χ3n) is 1.80. The van der Waals surface area contributed by atoms with Gasteiger partial charge in [-0.3, -0.25) is 4.79 Å². The number of nitrogens with one attached hydrogen (secondary N) is 1. The van der Waals surface area contributed by atoms with Gasteiger partial charge in [-0.25, -0.2) is 0 Å². The Kier molecular flexibility index (Phi) is 3.05. The number of carbonyl (C=O) groups excluding carboxylic acids is 1. The number of H-pyrrole nitrogens is 1. The maximum atomic E-state index is 11.0. The minimum atomic E-state index is 0.0733. The van der Waals surface area contributed by atoms with Gasteiger partial charge in [0.15, 0.2) is 5.78 Å². The summed E-state index contributed by atoms with van der Waals surface area (Å²) in [4.78, 5) is 14.0. The average molecular weight is 167 g/mol. The zero-order valence-corrected chi connectivity index (χ0v) is 7.13. The first-order chi connectivity index (χ1) is 5.75. The van der Waals surface area contributed by atoms with E-state index in [1.807, 2.05) is 0 Å². The summed E-state index contributed by atoms with van der Waals surface area (Å²) in [7, 11) is 0. The van der Waals surface area contributed by atoms with E-state index in [1.165, 1.54) is 0 Å². The zero-order valence-electron chi connectivity index (χ0n) is 7.13. The molecule has 12 heavy (non-hydrogen) atoms. The van der Waals surface area contributed by atoms with Gasteiger partial charge in [-0.1, -0.05) is 0 Å². The van der Waals surface area contributed by atoms with Gasteiger partial charge < -0.3 is 10.1 Å². The van der Waals surface area contributed by atoms with Gasteiger partial charge in [-0.2, -0.15) is 0 Å². The number of hydrogen-bond acceptors (Lipinski definition) is 2. The number of carbonyl (C=O) groups is 1. The van der Waals surface area contributed by atoms with Crippen molar-refractivity contribution in [1.29, 1.82) is 0 Å². The molecule has 0 unspecified atom stereocenters. The average Bonchev–Trinajstić information content (AvgIpc) is 2.48. The largest absolute Gasteiger partial charge is 0.396 e. The van der Waals surface area contributed by atoms with E-state index in [1.54, 1.807) is 19.2 Å². The minimum Gasteiger partial charge on any atom is -0.396 e. The van der Waals surface area contributed by atoms with E-state index in [0.29, 0.717) is 6.42 Å². The number of aromatic nitrogens is 1. The van der Waals surface area contributed by atoms with Gasteiger partial charge in [0.2, 0.25) is 0 Å². The molecule has 1 heterocycles. The Morgan fingerprint density at radius 1 is 1.67 bits per heavy atom. The van der Waals surface area contributed by atoms with Crippen LogP contribution in [-0.2, 0) is 6.42 Å². The van der Waals surface area contributed by atoms with E-state index in [2.05, 4.69) is 4.98 Å². The summed E-state index contributed by atoms with van der Waals surface area (Å²) in [6.45, 7) is 1.71. The van der Waals surface area contributed by atoms with Crippen LogP contribution in [0, 0.1) is 0 Å². The predicted octanol–water partition coefficient (Wildman–Crippen LogP) is 1.14. The molecule has 3 heteroatoms. The molecule has 0 amide bonds. The summed E-state index contributed by atoms with van der Waals surface area (Å²) in [5.74, 6) is 0.0733. The number of aryl methyl sites for hydroxylation is 1. The van der Waals surface area contributed by atoms with Crippen LogP contribution in [0.4, 0.5) is 0 Å². The highest BCUT2D eigenvalue weighted by Gasteiger charge is 2.06. The first kappa shape index (κ1) is 9.00. The molecule has 1 aromatic rings. The molecular weight excluding hydrogens is 154 g/mol. The molecule has 2 N–H and O–H groups in total. The lowest BCUT2D eigenvalue weighted by molar-refractivity contribution is 0.101. The van der Waals surface area contributed by atoms with Crippen LogP contribution in [0.2, 0.25) is 0 Å². The molecule has 0 fully saturated rings. The maximum Gasteiger partial charge on any atom is 0.161 e. The number of aromatic amines is 1. The molecule has 0 saturated carbocycles. The van der Waals surface area contributed by atoms with Crippen molar-refractivity contribution >= 4 is 5.78 Å². The number of hydrogen-bond donors (Lipinski definition) is 2. The fourth-order valence-electron chi connectivity index (χ4n) is 1.20. The van der Waals surface area contributed by atoms with Crippen molar-refractivity contribution in [2.75, 3.05) is 6.61 Å². The third kappa shape index (κ3) is 1.95. The predicted molar refractivity (Wildman–Crippen MR) is 46.2 cm³/mol. The second-order valence-corrected chi connectivity index (χ2v) is 2.75. The number of Topliss-reactive ketones (excluding diaryl/α,β-unsaturated/α-hetero) is 1. The summed E-state index contributed by atoms with van der Waals surface area (Å²) in [5.41, 5.74) is 1.67. The van der Waals surface area contributed by atoms with Crippen LogP contribution in [0.5, 0.6) is 0 Å². The molecule has 0 aliphatic carbocycles. The van der Waals surface area contributed by atoms with Crippen molar-refractivity contribution in [3.63, 3.8) is 0 Å². The maximum absolute atomic E-state index is 11.0. The molecule has 1 rings (SSSR count). The Morgan fingerprint density at radius 2 is 2.42 bits per heavy atom. The lowest BCUT2D eigenvalue weighted by Gasteiger charge is -1.98. The molecule has 0 saturated heterocycles. The number of aliphatic hydroxyl groups excluding tert-OH is 1. The van der Waals surface area contributed by atoms with E-state index in [-0.39, 0.29) is 12.4 Å². The van der Waals surface area contributed by atoms with Crippen LogP contribution in [0.15, 0.2) is 12.3 Å². The normalized spacial score (nSPS) is 10.2. The van der Waals surface area contributed by atoms with Gasteiger partial charge in [0, 0.05) is 24.1 Å². The summed E-state index contributed by atoms with van der Waals surface area (Å²) in [6.07, 6.45) is 3.18. The van der Waals surface area contributed by atoms with Crippen molar-refractivity contribution in [3.8, 4) is 0 Å². The smallest absolute Gasteiger partial charge is 0.161 e. The molecular formula is C9H13NO2. The monoisotopic (exact) mass is 167 g/mol. The molecule has 3 nitrogen and oxygen atoms in total. The lowest BCUT2D eigenvalue weighted by atomic mass is 10.1. The van der Waals surface area contributed by atoms with Crippen LogP contribution >= 0.6 is 0 Å². The highest BCUT2D eigenvalue weighted by atomic mass is 16.2. The number of ketones is 1. The zero-order chi connectivity index (χ0) is 8.97. The molecule has 0 aliphatic rings. The van der Waals surface area contributed by atoms with Crippen LogP contribution in [-0.4, -0.2) is 22.5 Å². The van der Waals surface area contributed by atoms with Crippen LogP contribution < -0.4 is 0 Å². The van der Waals surface area contributed by atoms with E-state index < -0.39 is 0 Å². The van der Waals surface area contributed by atoms with E-state index in [0.717, 1.165) is 17.7 Å². The third-order valence-corrected chi connectivity index (χ3v) is 1.80. The first-order valence-electron chi connectivity index (χ1n) is 4.03. The van der Waals surface area contributed by atoms with Gasteiger partial charge >= 0.3 is 0 Å². The summed E-state index contributed by atoms with van der Waals surface area (Å²) < 4.78 is 0. The quantitative estimate of drug-likeness (QED) is 0.661. The molecule has 1 aromatic heterocycles. The Labute approximate surface area is 71.4 Å². The van der Waals surface area contributed by atoms with Crippen molar-refractivity contribution in [2.24, 2.45) is 0 Å². The van der Waals surface area contributed by atoms with Crippen molar-refractivity contribution in [2.45, 2.75) is 19.8 Å². The molecule has 0 spiro atoms. The second-order valence-electron chi connectivity index (χ2n) is 2.75. The van der Waals surface area contributed by atoms with Crippen molar-refractivity contribution in [3.05, 3.63) is 23.5 Å². The first-order valence-corrected chi connectivity index (χ1v) is 4.03. The highest BCUT2D eigenvalue weighted by Crippen LogP contribution is 2.09. The summed E-state index contributed by atoms with van der Waals surface area (Å²) in [5, 5.41) is 8.60. The van der Waals surface area contributed by atoms with Gasteiger partial charge in [-0.05, 0) is 25.8 Å².